The third kappa shape index (κ3) is 3.72. The van der Waals surface area contributed by atoms with Crippen LogP contribution in [0, 0.1) is 0 Å². The molecule has 0 bridgehead atoms. The van der Waals surface area contributed by atoms with E-state index in [9.17, 15) is 0 Å². The van der Waals surface area contributed by atoms with Gasteiger partial charge < -0.3 is 19.1 Å². The Bertz CT molecular complexity index is 497. The van der Waals surface area contributed by atoms with E-state index in [4.69, 9.17) is 14.6 Å². The van der Waals surface area contributed by atoms with Crippen LogP contribution in [0.5, 0.6) is 11.5 Å². The Morgan fingerprint density at radius 3 is 2.89 bits per heavy atom. The number of aryl methyl sites for hydroxylation is 1. The summed E-state index contributed by atoms with van der Waals surface area (Å²) in [7, 11) is 1.60. The van der Waals surface area contributed by atoms with Gasteiger partial charge in [-0.3, -0.25) is 0 Å². The normalized spacial score (nSPS) is 10.4. The summed E-state index contributed by atoms with van der Waals surface area (Å²) in [6, 6.07) is 5.42. The first-order chi connectivity index (χ1) is 9.33. The fourth-order valence-electron chi connectivity index (χ4n) is 1.78. The van der Waals surface area contributed by atoms with Crippen molar-refractivity contribution in [2.75, 3.05) is 13.7 Å². The lowest BCUT2D eigenvalue weighted by Crippen LogP contribution is -2.04. The van der Waals surface area contributed by atoms with Crippen LogP contribution in [0.25, 0.3) is 0 Å². The molecule has 0 spiro atoms. The number of benzene rings is 1. The van der Waals surface area contributed by atoms with Gasteiger partial charge in [0.2, 0.25) is 0 Å². The van der Waals surface area contributed by atoms with Gasteiger partial charge in [0.05, 0.1) is 26.7 Å². The monoisotopic (exact) mass is 262 g/mol. The van der Waals surface area contributed by atoms with Crippen molar-refractivity contribution in [3.63, 3.8) is 0 Å². The highest BCUT2D eigenvalue weighted by Crippen LogP contribution is 2.28. The second kappa shape index (κ2) is 6.80. The first-order valence-electron chi connectivity index (χ1n) is 6.20. The summed E-state index contributed by atoms with van der Waals surface area (Å²) in [4.78, 5) is 3.98. The van der Waals surface area contributed by atoms with Crippen molar-refractivity contribution in [1.82, 2.24) is 9.55 Å². The third-order valence-electron chi connectivity index (χ3n) is 2.79. The van der Waals surface area contributed by atoms with E-state index in [1.165, 1.54) is 0 Å². The minimum atomic E-state index is -0.00457. The number of ether oxygens (including phenoxy) is 2. The van der Waals surface area contributed by atoms with E-state index in [2.05, 4.69) is 4.98 Å². The summed E-state index contributed by atoms with van der Waals surface area (Å²) in [5.74, 6) is 1.35. The number of aliphatic hydroxyl groups excluding tert-OH is 1. The molecule has 0 unspecified atom stereocenters. The molecular weight excluding hydrogens is 244 g/mol. The molecule has 5 nitrogen and oxygen atoms in total. The molecule has 1 aromatic carbocycles. The molecular formula is C14H18N2O3. The van der Waals surface area contributed by atoms with Crippen LogP contribution in [0.1, 0.15) is 12.0 Å². The number of aliphatic hydroxyl groups is 1. The molecule has 0 aliphatic rings. The number of methoxy groups -OCH3 is 1. The number of imidazole rings is 1. The molecule has 0 fully saturated rings. The molecule has 0 aliphatic heterocycles. The molecule has 2 rings (SSSR count). The van der Waals surface area contributed by atoms with Gasteiger partial charge >= 0.3 is 0 Å². The first kappa shape index (κ1) is 13.4. The highest BCUT2D eigenvalue weighted by molar-refractivity contribution is 5.42. The SMILES string of the molecule is COc1ccc(CO)cc1OCCCn1ccnc1. The number of hydrogen-bond acceptors (Lipinski definition) is 4. The Balaban J connectivity index is 1.87. The van der Waals surface area contributed by atoms with Gasteiger partial charge in [-0.1, -0.05) is 6.07 Å². The van der Waals surface area contributed by atoms with Crippen molar-refractivity contribution in [2.45, 2.75) is 19.6 Å². The summed E-state index contributed by atoms with van der Waals surface area (Å²) >= 11 is 0. The van der Waals surface area contributed by atoms with Crippen molar-refractivity contribution < 1.29 is 14.6 Å². The molecule has 0 amide bonds. The van der Waals surface area contributed by atoms with Crippen LogP contribution in [-0.4, -0.2) is 28.4 Å². The van der Waals surface area contributed by atoms with Crippen molar-refractivity contribution in [3.8, 4) is 11.5 Å². The lowest BCUT2D eigenvalue weighted by atomic mass is 10.2. The zero-order chi connectivity index (χ0) is 13.5. The van der Waals surface area contributed by atoms with Crippen LogP contribution < -0.4 is 9.47 Å². The summed E-state index contributed by atoms with van der Waals surface area (Å²) in [5.41, 5.74) is 0.811. The van der Waals surface area contributed by atoms with Gasteiger partial charge in [0, 0.05) is 18.9 Å². The highest BCUT2D eigenvalue weighted by Gasteiger charge is 2.05. The maximum atomic E-state index is 9.12. The number of nitrogens with zero attached hydrogens (tertiary/aromatic N) is 2. The molecule has 5 heteroatoms. The van der Waals surface area contributed by atoms with E-state index in [0.717, 1.165) is 18.5 Å². The van der Waals surface area contributed by atoms with Gasteiger partial charge in [0.15, 0.2) is 11.5 Å². The predicted molar refractivity (Wildman–Crippen MR) is 71.3 cm³/mol. The highest BCUT2D eigenvalue weighted by atomic mass is 16.5. The molecule has 0 radical (unpaired) electrons. The second-order valence-electron chi connectivity index (χ2n) is 4.15. The zero-order valence-electron chi connectivity index (χ0n) is 11.0. The smallest absolute Gasteiger partial charge is 0.161 e. The molecule has 19 heavy (non-hydrogen) atoms. The largest absolute Gasteiger partial charge is 0.493 e. The predicted octanol–water partition coefficient (Wildman–Crippen LogP) is 1.85. The van der Waals surface area contributed by atoms with Gasteiger partial charge in [-0.25, -0.2) is 4.98 Å². The standard InChI is InChI=1S/C14H18N2O3/c1-18-13-4-3-12(10-17)9-14(13)19-8-2-6-16-7-5-15-11-16/h3-5,7,9,11,17H,2,6,8,10H2,1H3. The Morgan fingerprint density at radius 1 is 1.32 bits per heavy atom. The van der Waals surface area contributed by atoms with Gasteiger partial charge in [0.1, 0.15) is 0 Å². The summed E-state index contributed by atoms with van der Waals surface area (Å²) < 4.78 is 12.9. The van der Waals surface area contributed by atoms with Gasteiger partial charge in [-0.15, -0.1) is 0 Å². The van der Waals surface area contributed by atoms with Gasteiger partial charge in [0.25, 0.3) is 0 Å². The third-order valence-corrected chi connectivity index (χ3v) is 2.79. The van der Waals surface area contributed by atoms with Crippen molar-refractivity contribution in [2.24, 2.45) is 0 Å². The molecule has 1 N–H and O–H groups in total. The molecule has 0 saturated heterocycles. The van der Waals surface area contributed by atoms with E-state index < -0.39 is 0 Å². The van der Waals surface area contributed by atoms with Gasteiger partial charge in [-0.2, -0.15) is 0 Å². The van der Waals surface area contributed by atoms with Crippen LogP contribution in [-0.2, 0) is 13.2 Å². The van der Waals surface area contributed by atoms with E-state index in [1.54, 1.807) is 31.8 Å². The zero-order valence-corrected chi connectivity index (χ0v) is 11.0. The van der Waals surface area contributed by atoms with Crippen LogP contribution in [0.3, 0.4) is 0 Å². The molecule has 0 atom stereocenters. The quantitative estimate of drug-likeness (QED) is 0.774. The fraction of sp³-hybridized carbons (Fsp3) is 0.357. The number of aromatic nitrogens is 2. The van der Waals surface area contributed by atoms with Crippen LogP contribution in [0.4, 0.5) is 0 Å². The summed E-state index contributed by atoms with van der Waals surface area (Å²) in [6.45, 7) is 1.45. The molecule has 1 aromatic heterocycles. The topological polar surface area (TPSA) is 56.5 Å². The Kier molecular flexibility index (Phi) is 4.80. The maximum Gasteiger partial charge on any atom is 0.161 e. The van der Waals surface area contributed by atoms with Crippen molar-refractivity contribution in [3.05, 3.63) is 42.5 Å². The molecule has 0 aliphatic carbocycles. The van der Waals surface area contributed by atoms with E-state index >= 15 is 0 Å². The maximum absolute atomic E-state index is 9.12. The molecule has 0 saturated carbocycles. The number of hydrogen-bond donors (Lipinski definition) is 1. The van der Waals surface area contributed by atoms with Gasteiger partial charge in [-0.05, 0) is 24.1 Å². The van der Waals surface area contributed by atoms with E-state index in [-0.39, 0.29) is 6.61 Å². The Hall–Kier alpha value is -2.01. The first-order valence-corrected chi connectivity index (χ1v) is 6.20. The average Bonchev–Trinajstić information content (AvgIpc) is 2.96. The summed E-state index contributed by atoms with van der Waals surface area (Å²) in [6.07, 6.45) is 6.34. The van der Waals surface area contributed by atoms with E-state index in [0.29, 0.717) is 18.1 Å². The average molecular weight is 262 g/mol. The van der Waals surface area contributed by atoms with Crippen LogP contribution in [0.2, 0.25) is 0 Å². The van der Waals surface area contributed by atoms with E-state index in [1.807, 2.05) is 16.8 Å². The Morgan fingerprint density at radius 2 is 2.21 bits per heavy atom. The van der Waals surface area contributed by atoms with Crippen molar-refractivity contribution in [1.29, 1.82) is 0 Å². The van der Waals surface area contributed by atoms with Crippen LogP contribution in [0.15, 0.2) is 36.9 Å². The number of rotatable bonds is 7. The molecule has 1 heterocycles. The molecule has 2 aromatic rings. The van der Waals surface area contributed by atoms with Crippen LogP contribution >= 0.6 is 0 Å². The lowest BCUT2D eigenvalue weighted by molar-refractivity contribution is 0.271. The fourth-order valence-corrected chi connectivity index (χ4v) is 1.78. The second-order valence-corrected chi connectivity index (χ2v) is 4.15. The lowest BCUT2D eigenvalue weighted by Gasteiger charge is -2.11. The Labute approximate surface area is 112 Å². The summed E-state index contributed by atoms with van der Waals surface area (Å²) in [5, 5.41) is 9.12. The minimum absolute atomic E-state index is 0.00457. The van der Waals surface area contributed by atoms with Crippen molar-refractivity contribution >= 4 is 0 Å². The molecule has 102 valence electrons. The minimum Gasteiger partial charge on any atom is -0.493 e.